The minimum atomic E-state index is -4.42. The van der Waals surface area contributed by atoms with Crippen molar-refractivity contribution >= 4 is 17.4 Å². The van der Waals surface area contributed by atoms with Crippen molar-refractivity contribution in [3.05, 3.63) is 78.6 Å². The van der Waals surface area contributed by atoms with Gasteiger partial charge in [-0.25, -0.2) is 4.79 Å². The monoisotopic (exact) mass is 373 g/mol. The highest BCUT2D eigenvalue weighted by Crippen LogP contribution is 2.30. The summed E-state index contributed by atoms with van der Waals surface area (Å²) < 4.78 is 43.2. The number of urea groups is 1. The van der Waals surface area contributed by atoms with E-state index in [1.165, 1.54) is 12.1 Å². The van der Waals surface area contributed by atoms with Crippen LogP contribution in [0.1, 0.15) is 5.56 Å². The molecule has 2 aromatic carbocycles. The Labute approximate surface area is 152 Å². The van der Waals surface area contributed by atoms with Crippen LogP contribution < -0.4 is 15.4 Å². The third kappa shape index (κ3) is 5.21. The van der Waals surface area contributed by atoms with Crippen LogP contribution in [0.3, 0.4) is 0 Å². The van der Waals surface area contributed by atoms with Crippen LogP contribution in [0, 0.1) is 0 Å². The molecule has 0 atom stereocenters. The number of nitrogens with one attached hydrogen (secondary N) is 2. The van der Waals surface area contributed by atoms with Gasteiger partial charge in [0.2, 0.25) is 0 Å². The highest BCUT2D eigenvalue weighted by atomic mass is 19.4. The molecule has 3 rings (SSSR count). The standard InChI is InChI=1S/C19H14F3N3O2/c20-19(21,22)13-1-3-14(4-2-13)24-18(26)25-15-5-7-16(8-6-15)27-17-9-11-23-12-10-17/h1-12H,(H2,24,25,26). The molecule has 0 saturated carbocycles. The summed E-state index contributed by atoms with van der Waals surface area (Å²) in [7, 11) is 0. The van der Waals surface area contributed by atoms with Crippen LogP contribution in [0.5, 0.6) is 11.5 Å². The fourth-order valence-electron chi connectivity index (χ4n) is 2.18. The van der Waals surface area contributed by atoms with Crippen LogP contribution in [-0.2, 0) is 6.18 Å². The first-order chi connectivity index (χ1) is 12.9. The fraction of sp³-hybridized carbons (Fsp3) is 0.0526. The maximum atomic E-state index is 12.5. The van der Waals surface area contributed by atoms with Crippen molar-refractivity contribution in [3.8, 4) is 11.5 Å². The third-order valence-electron chi connectivity index (χ3n) is 3.47. The molecule has 1 heterocycles. The average Bonchev–Trinajstić information content (AvgIpc) is 2.64. The highest BCUT2D eigenvalue weighted by Gasteiger charge is 2.29. The zero-order valence-corrected chi connectivity index (χ0v) is 13.8. The Hall–Kier alpha value is -3.55. The fourth-order valence-corrected chi connectivity index (χ4v) is 2.18. The van der Waals surface area contributed by atoms with Crippen molar-refractivity contribution in [1.29, 1.82) is 0 Å². The van der Waals surface area contributed by atoms with Gasteiger partial charge in [0.05, 0.1) is 5.56 Å². The summed E-state index contributed by atoms with van der Waals surface area (Å²) in [6.45, 7) is 0. The molecule has 3 aromatic rings. The molecule has 138 valence electrons. The number of alkyl halides is 3. The second-order valence-corrected chi connectivity index (χ2v) is 5.46. The van der Waals surface area contributed by atoms with E-state index in [4.69, 9.17) is 4.74 Å². The minimum absolute atomic E-state index is 0.248. The predicted octanol–water partition coefficient (Wildman–Crippen LogP) is 5.54. The van der Waals surface area contributed by atoms with Gasteiger partial charge >= 0.3 is 12.2 Å². The normalized spacial score (nSPS) is 10.9. The van der Waals surface area contributed by atoms with Gasteiger partial charge in [-0.1, -0.05) is 0 Å². The molecule has 0 spiro atoms. The molecule has 0 aliphatic rings. The van der Waals surface area contributed by atoms with Crippen molar-refractivity contribution in [2.45, 2.75) is 6.18 Å². The summed E-state index contributed by atoms with van der Waals surface area (Å²) in [5, 5.41) is 5.06. The van der Waals surface area contributed by atoms with E-state index < -0.39 is 17.8 Å². The van der Waals surface area contributed by atoms with Gasteiger partial charge in [-0.05, 0) is 60.7 Å². The molecule has 0 fully saturated rings. The lowest BCUT2D eigenvalue weighted by Crippen LogP contribution is -2.19. The summed E-state index contributed by atoms with van der Waals surface area (Å²) in [5.41, 5.74) is -0.0297. The van der Waals surface area contributed by atoms with Crippen molar-refractivity contribution < 1.29 is 22.7 Å². The number of carbonyl (C=O) groups excluding carboxylic acids is 1. The lowest BCUT2D eigenvalue weighted by Gasteiger charge is -2.10. The van der Waals surface area contributed by atoms with Crippen LogP contribution in [0.15, 0.2) is 73.1 Å². The number of carbonyl (C=O) groups is 1. The first-order valence-electron chi connectivity index (χ1n) is 7.83. The molecule has 0 unspecified atom stereocenters. The van der Waals surface area contributed by atoms with Crippen molar-refractivity contribution in [1.82, 2.24) is 4.98 Å². The SMILES string of the molecule is O=C(Nc1ccc(Oc2ccncc2)cc1)Nc1ccc(C(F)(F)F)cc1. The Balaban J connectivity index is 1.56. The number of ether oxygens (including phenoxy) is 1. The Morgan fingerprint density at radius 1 is 0.778 bits per heavy atom. The van der Waals surface area contributed by atoms with E-state index in [9.17, 15) is 18.0 Å². The molecule has 8 heteroatoms. The topological polar surface area (TPSA) is 63.2 Å². The highest BCUT2D eigenvalue weighted by molar-refractivity contribution is 5.99. The number of halogens is 3. The van der Waals surface area contributed by atoms with E-state index in [1.807, 2.05) is 0 Å². The van der Waals surface area contributed by atoms with E-state index >= 15 is 0 Å². The number of hydrogen-bond donors (Lipinski definition) is 2. The molecule has 0 aliphatic heterocycles. The number of rotatable bonds is 4. The van der Waals surface area contributed by atoms with Crippen molar-refractivity contribution in [2.24, 2.45) is 0 Å². The van der Waals surface area contributed by atoms with Gasteiger partial charge in [0, 0.05) is 23.8 Å². The lowest BCUT2D eigenvalue weighted by atomic mass is 10.2. The minimum Gasteiger partial charge on any atom is -0.457 e. The molecule has 5 nitrogen and oxygen atoms in total. The lowest BCUT2D eigenvalue weighted by molar-refractivity contribution is -0.137. The van der Waals surface area contributed by atoms with Gasteiger partial charge in [-0.15, -0.1) is 0 Å². The summed E-state index contributed by atoms with van der Waals surface area (Å²) in [5.74, 6) is 1.21. The van der Waals surface area contributed by atoms with Gasteiger partial charge in [0.25, 0.3) is 0 Å². The summed E-state index contributed by atoms with van der Waals surface area (Å²) in [6.07, 6.45) is -1.20. The quantitative estimate of drug-likeness (QED) is 0.631. The third-order valence-corrected chi connectivity index (χ3v) is 3.47. The van der Waals surface area contributed by atoms with E-state index in [1.54, 1.807) is 48.8 Å². The van der Waals surface area contributed by atoms with Crippen LogP contribution in [-0.4, -0.2) is 11.0 Å². The molecule has 0 bridgehead atoms. The molecule has 2 amide bonds. The Morgan fingerprint density at radius 3 is 1.78 bits per heavy atom. The summed E-state index contributed by atoms with van der Waals surface area (Å²) >= 11 is 0. The van der Waals surface area contributed by atoms with Crippen LogP contribution in [0.25, 0.3) is 0 Å². The molecule has 0 saturated heterocycles. The second kappa shape index (κ2) is 7.77. The molecule has 0 radical (unpaired) electrons. The van der Waals surface area contributed by atoms with Gasteiger partial charge in [-0.2, -0.15) is 13.2 Å². The smallest absolute Gasteiger partial charge is 0.416 e. The van der Waals surface area contributed by atoms with Gasteiger partial charge in [0.15, 0.2) is 0 Å². The predicted molar refractivity (Wildman–Crippen MR) is 94.8 cm³/mol. The van der Waals surface area contributed by atoms with Crippen molar-refractivity contribution in [2.75, 3.05) is 10.6 Å². The first-order valence-corrected chi connectivity index (χ1v) is 7.83. The van der Waals surface area contributed by atoms with Crippen molar-refractivity contribution in [3.63, 3.8) is 0 Å². The van der Waals surface area contributed by atoms with Gasteiger partial charge < -0.3 is 15.4 Å². The molecule has 0 aliphatic carbocycles. The number of anilines is 2. The van der Waals surface area contributed by atoms with Crippen LogP contribution >= 0.6 is 0 Å². The maximum Gasteiger partial charge on any atom is 0.416 e. The number of amides is 2. The number of aromatic nitrogens is 1. The van der Waals surface area contributed by atoms with E-state index in [0.29, 0.717) is 17.2 Å². The average molecular weight is 373 g/mol. The second-order valence-electron chi connectivity index (χ2n) is 5.46. The molecular formula is C19H14F3N3O2. The Kier molecular flexibility index (Phi) is 5.25. The molecule has 27 heavy (non-hydrogen) atoms. The zero-order valence-electron chi connectivity index (χ0n) is 13.8. The zero-order chi connectivity index (χ0) is 19.3. The first kappa shape index (κ1) is 18.2. The van der Waals surface area contributed by atoms with E-state index in [-0.39, 0.29) is 5.69 Å². The van der Waals surface area contributed by atoms with Crippen LogP contribution in [0.2, 0.25) is 0 Å². The molecule has 1 aromatic heterocycles. The molecule has 2 N–H and O–H groups in total. The number of benzene rings is 2. The maximum absolute atomic E-state index is 12.5. The molecular weight excluding hydrogens is 359 g/mol. The Bertz CT molecular complexity index is 896. The van der Waals surface area contributed by atoms with Gasteiger partial charge in [-0.3, -0.25) is 4.98 Å². The van der Waals surface area contributed by atoms with Gasteiger partial charge in [0.1, 0.15) is 11.5 Å². The largest absolute Gasteiger partial charge is 0.457 e. The number of nitrogens with zero attached hydrogens (tertiary/aromatic N) is 1. The number of hydrogen-bond acceptors (Lipinski definition) is 3. The Morgan fingerprint density at radius 2 is 1.26 bits per heavy atom. The van der Waals surface area contributed by atoms with E-state index in [0.717, 1.165) is 12.1 Å². The number of pyridine rings is 1. The van der Waals surface area contributed by atoms with Crippen LogP contribution in [0.4, 0.5) is 29.3 Å². The van der Waals surface area contributed by atoms with E-state index in [2.05, 4.69) is 15.6 Å². The summed E-state index contributed by atoms with van der Waals surface area (Å²) in [4.78, 5) is 15.9. The summed E-state index contributed by atoms with van der Waals surface area (Å²) in [6, 6.07) is 13.7.